The summed E-state index contributed by atoms with van der Waals surface area (Å²) in [6, 6.07) is 23.7. The number of rotatable bonds is 5. The minimum atomic E-state index is 0.732. The van der Waals surface area contributed by atoms with Gasteiger partial charge in [-0.15, -0.1) is 0 Å². The van der Waals surface area contributed by atoms with Crippen LogP contribution in [-0.2, 0) is 6.42 Å². The van der Waals surface area contributed by atoms with Crippen LogP contribution in [0.25, 0.3) is 0 Å². The molecule has 0 aliphatic carbocycles. The molecule has 0 atom stereocenters. The molecular formula is C20H20N2O. The molecule has 0 fully saturated rings. The van der Waals surface area contributed by atoms with E-state index >= 15 is 0 Å². The lowest BCUT2D eigenvalue weighted by atomic mass is 10.1. The van der Waals surface area contributed by atoms with Crippen LogP contribution in [0.1, 0.15) is 12.5 Å². The molecule has 3 nitrogen and oxygen atoms in total. The molecule has 3 heteroatoms. The van der Waals surface area contributed by atoms with Crippen molar-refractivity contribution in [2.45, 2.75) is 13.3 Å². The van der Waals surface area contributed by atoms with Crippen molar-refractivity contribution in [1.29, 1.82) is 0 Å². The summed E-state index contributed by atoms with van der Waals surface area (Å²) < 4.78 is 5.98. The second kappa shape index (κ2) is 6.88. The van der Waals surface area contributed by atoms with Gasteiger partial charge in [-0.1, -0.05) is 25.1 Å². The second-order valence-corrected chi connectivity index (χ2v) is 5.34. The predicted molar refractivity (Wildman–Crippen MR) is 96.5 cm³/mol. The molecule has 0 saturated carbocycles. The number of aryl methyl sites for hydroxylation is 1. The maximum absolute atomic E-state index is 5.98. The lowest BCUT2D eigenvalue weighted by molar-refractivity contribution is 0.477. The molecule has 3 aromatic rings. The lowest BCUT2D eigenvalue weighted by Crippen LogP contribution is -1.95. The van der Waals surface area contributed by atoms with Crippen molar-refractivity contribution in [2.75, 3.05) is 11.1 Å². The molecule has 0 aliphatic rings. The number of nitrogen functional groups attached to an aromatic ring is 1. The third kappa shape index (κ3) is 3.83. The highest BCUT2D eigenvalue weighted by atomic mass is 16.5. The van der Waals surface area contributed by atoms with Crippen LogP contribution in [0.2, 0.25) is 0 Å². The number of nitrogens with two attached hydrogens (primary N) is 1. The summed E-state index contributed by atoms with van der Waals surface area (Å²) in [5, 5.41) is 3.41. The van der Waals surface area contributed by atoms with E-state index in [0.29, 0.717) is 0 Å². The van der Waals surface area contributed by atoms with Crippen molar-refractivity contribution in [3.63, 3.8) is 0 Å². The minimum absolute atomic E-state index is 0.732. The zero-order chi connectivity index (χ0) is 16.1. The van der Waals surface area contributed by atoms with Gasteiger partial charge in [-0.3, -0.25) is 0 Å². The predicted octanol–water partition coefficient (Wildman–Crippen LogP) is 5.37. The Hall–Kier alpha value is -2.94. The molecule has 0 bridgehead atoms. The summed E-state index contributed by atoms with van der Waals surface area (Å²) in [4.78, 5) is 0. The average molecular weight is 304 g/mol. The molecule has 0 amide bonds. The summed E-state index contributed by atoms with van der Waals surface area (Å²) in [7, 11) is 0. The molecule has 3 aromatic carbocycles. The van der Waals surface area contributed by atoms with Gasteiger partial charge in [0.1, 0.15) is 11.5 Å². The van der Waals surface area contributed by atoms with E-state index in [1.165, 1.54) is 0 Å². The second-order valence-electron chi connectivity index (χ2n) is 5.34. The van der Waals surface area contributed by atoms with Crippen LogP contribution in [0.5, 0.6) is 11.5 Å². The van der Waals surface area contributed by atoms with Gasteiger partial charge in [-0.25, -0.2) is 0 Å². The molecule has 0 heterocycles. The first-order chi connectivity index (χ1) is 11.2. The maximum Gasteiger partial charge on any atom is 0.130 e. The zero-order valence-corrected chi connectivity index (χ0v) is 13.1. The van der Waals surface area contributed by atoms with E-state index in [2.05, 4.69) is 18.3 Å². The Bertz CT molecular complexity index is 767. The van der Waals surface area contributed by atoms with Gasteiger partial charge in [0.25, 0.3) is 0 Å². The summed E-state index contributed by atoms with van der Waals surface area (Å²) in [6.45, 7) is 2.12. The van der Waals surface area contributed by atoms with Crippen LogP contribution in [0.15, 0.2) is 72.8 Å². The minimum Gasteiger partial charge on any atom is -0.457 e. The molecule has 0 radical (unpaired) electrons. The Morgan fingerprint density at radius 1 is 0.870 bits per heavy atom. The number of benzene rings is 3. The molecular weight excluding hydrogens is 284 g/mol. The average Bonchev–Trinajstić information content (AvgIpc) is 2.59. The standard InChI is InChI=1S/C20H20N2O/c1-2-15-14-18(22-17-6-4-3-5-7-17)10-13-20(15)23-19-11-8-16(21)9-12-19/h3-14,22H,2,21H2,1H3. The number of hydrogen-bond acceptors (Lipinski definition) is 3. The van der Waals surface area contributed by atoms with Gasteiger partial charge in [-0.2, -0.15) is 0 Å². The van der Waals surface area contributed by atoms with Gasteiger partial charge in [0.15, 0.2) is 0 Å². The van der Waals surface area contributed by atoms with Crippen LogP contribution in [-0.4, -0.2) is 0 Å². The first-order valence-corrected chi connectivity index (χ1v) is 7.73. The molecule has 116 valence electrons. The monoisotopic (exact) mass is 304 g/mol. The molecule has 0 spiro atoms. The molecule has 23 heavy (non-hydrogen) atoms. The first kappa shape index (κ1) is 15.0. The van der Waals surface area contributed by atoms with Crippen LogP contribution >= 0.6 is 0 Å². The number of anilines is 3. The fraction of sp³-hybridized carbons (Fsp3) is 0.100. The van der Waals surface area contributed by atoms with Crippen molar-refractivity contribution in [2.24, 2.45) is 0 Å². The van der Waals surface area contributed by atoms with E-state index in [0.717, 1.165) is 40.5 Å². The number of para-hydroxylation sites is 1. The highest BCUT2D eigenvalue weighted by Crippen LogP contribution is 2.29. The van der Waals surface area contributed by atoms with Crippen LogP contribution in [0.4, 0.5) is 17.1 Å². The van der Waals surface area contributed by atoms with Gasteiger partial charge in [0.05, 0.1) is 0 Å². The lowest BCUT2D eigenvalue weighted by Gasteiger charge is -2.13. The largest absolute Gasteiger partial charge is 0.457 e. The highest BCUT2D eigenvalue weighted by molar-refractivity contribution is 5.62. The molecule has 3 rings (SSSR count). The van der Waals surface area contributed by atoms with Crippen molar-refractivity contribution >= 4 is 17.1 Å². The molecule has 0 aliphatic heterocycles. The topological polar surface area (TPSA) is 47.3 Å². The smallest absolute Gasteiger partial charge is 0.130 e. The third-order valence-electron chi connectivity index (χ3n) is 3.61. The van der Waals surface area contributed by atoms with Gasteiger partial charge in [0.2, 0.25) is 0 Å². The van der Waals surface area contributed by atoms with E-state index in [1.807, 2.05) is 66.7 Å². The molecule has 0 unspecified atom stereocenters. The van der Waals surface area contributed by atoms with E-state index in [1.54, 1.807) is 0 Å². The highest BCUT2D eigenvalue weighted by Gasteiger charge is 2.06. The van der Waals surface area contributed by atoms with Gasteiger partial charge in [-0.05, 0) is 66.6 Å². The summed E-state index contributed by atoms with van der Waals surface area (Å²) in [5.74, 6) is 1.66. The van der Waals surface area contributed by atoms with E-state index in [-0.39, 0.29) is 0 Å². The quantitative estimate of drug-likeness (QED) is 0.623. The summed E-state index contributed by atoms with van der Waals surface area (Å²) >= 11 is 0. The Labute approximate surface area is 136 Å². The van der Waals surface area contributed by atoms with Gasteiger partial charge < -0.3 is 15.8 Å². The Kier molecular flexibility index (Phi) is 4.48. The van der Waals surface area contributed by atoms with Crippen molar-refractivity contribution in [3.05, 3.63) is 78.4 Å². The number of nitrogens with one attached hydrogen (secondary N) is 1. The zero-order valence-electron chi connectivity index (χ0n) is 13.1. The summed E-state index contributed by atoms with van der Waals surface area (Å²) in [6.07, 6.45) is 0.897. The number of ether oxygens (including phenoxy) is 1. The van der Waals surface area contributed by atoms with Crippen LogP contribution in [0.3, 0.4) is 0 Å². The van der Waals surface area contributed by atoms with Crippen molar-refractivity contribution in [3.8, 4) is 11.5 Å². The van der Waals surface area contributed by atoms with Crippen molar-refractivity contribution < 1.29 is 4.74 Å². The Morgan fingerprint density at radius 2 is 1.61 bits per heavy atom. The van der Waals surface area contributed by atoms with E-state index in [9.17, 15) is 0 Å². The van der Waals surface area contributed by atoms with Crippen molar-refractivity contribution in [1.82, 2.24) is 0 Å². The van der Waals surface area contributed by atoms with E-state index < -0.39 is 0 Å². The summed E-state index contributed by atoms with van der Waals surface area (Å²) in [5.41, 5.74) is 9.72. The molecule has 0 saturated heterocycles. The van der Waals surface area contributed by atoms with Gasteiger partial charge >= 0.3 is 0 Å². The fourth-order valence-electron chi connectivity index (χ4n) is 2.38. The van der Waals surface area contributed by atoms with Gasteiger partial charge in [0, 0.05) is 17.1 Å². The van der Waals surface area contributed by atoms with Crippen LogP contribution < -0.4 is 15.8 Å². The fourth-order valence-corrected chi connectivity index (χ4v) is 2.38. The SMILES string of the molecule is CCc1cc(Nc2ccccc2)ccc1Oc1ccc(N)cc1. The molecule has 0 aromatic heterocycles. The van der Waals surface area contributed by atoms with E-state index in [4.69, 9.17) is 10.5 Å². The third-order valence-corrected chi connectivity index (χ3v) is 3.61. The first-order valence-electron chi connectivity index (χ1n) is 7.73. The Morgan fingerprint density at radius 3 is 2.30 bits per heavy atom. The molecule has 3 N–H and O–H groups in total. The Balaban J connectivity index is 1.80. The van der Waals surface area contributed by atoms with Crippen LogP contribution in [0, 0.1) is 0 Å². The number of hydrogen-bond donors (Lipinski definition) is 2. The normalized spacial score (nSPS) is 10.3. The maximum atomic E-state index is 5.98.